The standard InChI is InChI=1S/C28H36FN3O3Si/c1-17(2)36(18(3)4,19(5)6)35-26-15-24(33-8)14-25(27(26)29)23(16-30)13-21-9-11-22(12-10-21)28-31-20(7)34-32-28/h9-12,14-15,17-19,23H,13H2,1-8H3. The van der Waals surface area contributed by atoms with Gasteiger partial charge in [-0.15, -0.1) is 0 Å². The Bertz CT molecular complexity index is 1190. The maximum Gasteiger partial charge on any atom is 0.258 e. The highest BCUT2D eigenvalue weighted by molar-refractivity contribution is 6.78. The summed E-state index contributed by atoms with van der Waals surface area (Å²) in [6.45, 7) is 14.7. The average molecular weight is 510 g/mol. The minimum Gasteiger partial charge on any atom is -0.541 e. The van der Waals surface area contributed by atoms with Crippen LogP contribution in [0.3, 0.4) is 0 Å². The average Bonchev–Trinajstić information content (AvgIpc) is 3.28. The van der Waals surface area contributed by atoms with Gasteiger partial charge >= 0.3 is 0 Å². The molecule has 0 aliphatic heterocycles. The molecule has 0 amide bonds. The molecule has 8 heteroatoms. The zero-order chi connectivity index (χ0) is 26.6. The van der Waals surface area contributed by atoms with Gasteiger partial charge in [0.1, 0.15) is 11.5 Å². The number of ether oxygens (including phenoxy) is 1. The van der Waals surface area contributed by atoms with E-state index < -0.39 is 20.1 Å². The molecule has 0 aliphatic rings. The second kappa shape index (κ2) is 11.3. The van der Waals surface area contributed by atoms with Gasteiger partial charge in [0.05, 0.1) is 19.1 Å². The molecule has 1 heterocycles. The summed E-state index contributed by atoms with van der Waals surface area (Å²) in [6, 6.07) is 13.1. The van der Waals surface area contributed by atoms with Crippen molar-refractivity contribution in [2.24, 2.45) is 0 Å². The minimum atomic E-state index is -2.41. The second-order valence-electron chi connectivity index (χ2n) is 10.2. The molecule has 1 aromatic heterocycles. The fraction of sp³-hybridized carbons (Fsp3) is 0.464. The lowest BCUT2D eigenvalue weighted by Gasteiger charge is -2.42. The Hall–Kier alpha value is -3.18. The third kappa shape index (κ3) is 5.46. The Morgan fingerprint density at radius 3 is 2.11 bits per heavy atom. The Morgan fingerprint density at radius 2 is 1.64 bits per heavy atom. The molecule has 1 unspecified atom stereocenters. The molecular weight excluding hydrogens is 473 g/mol. The number of hydrogen-bond donors (Lipinski definition) is 0. The van der Waals surface area contributed by atoms with Crippen LogP contribution in [-0.4, -0.2) is 25.6 Å². The van der Waals surface area contributed by atoms with Crippen molar-refractivity contribution >= 4 is 8.32 Å². The maximum atomic E-state index is 16.0. The third-order valence-electron chi connectivity index (χ3n) is 6.98. The summed E-state index contributed by atoms with van der Waals surface area (Å²) in [5, 5.41) is 14.0. The van der Waals surface area contributed by atoms with Crippen molar-refractivity contribution in [1.82, 2.24) is 10.1 Å². The molecule has 36 heavy (non-hydrogen) atoms. The second-order valence-corrected chi connectivity index (χ2v) is 15.5. The minimum absolute atomic E-state index is 0.176. The largest absolute Gasteiger partial charge is 0.541 e. The molecule has 3 rings (SSSR count). The van der Waals surface area contributed by atoms with Gasteiger partial charge in [0.15, 0.2) is 5.82 Å². The van der Waals surface area contributed by atoms with Crippen molar-refractivity contribution in [3.63, 3.8) is 0 Å². The van der Waals surface area contributed by atoms with Crippen LogP contribution in [0.4, 0.5) is 4.39 Å². The van der Waals surface area contributed by atoms with Gasteiger partial charge < -0.3 is 13.7 Å². The van der Waals surface area contributed by atoms with Crippen molar-refractivity contribution in [1.29, 1.82) is 5.26 Å². The lowest BCUT2D eigenvalue weighted by molar-refractivity contribution is 0.394. The highest BCUT2D eigenvalue weighted by Gasteiger charge is 2.47. The van der Waals surface area contributed by atoms with E-state index in [-0.39, 0.29) is 27.9 Å². The van der Waals surface area contributed by atoms with Crippen LogP contribution in [0.25, 0.3) is 11.4 Å². The van der Waals surface area contributed by atoms with E-state index in [1.165, 1.54) is 0 Å². The van der Waals surface area contributed by atoms with Gasteiger partial charge in [0.2, 0.25) is 11.7 Å². The molecule has 0 radical (unpaired) electrons. The predicted molar refractivity (Wildman–Crippen MR) is 141 cm³/mol. The predicted octanol–water partition coefficient (Wildman–Crippen LogP) is 7.60. The van der Waals surface area contributed by atoms with E-state index in [9.17, 15) is 5.26 Å². The highest BCUT2D eigenvalue weighted by atomic mass is 28.4. The molecule has 2 aromatic carbocycles. The quantitative estimate of drug-likeness (QED) is 0.262. The van der Waals surface area contributed by atoms with Crippen LogP contribution in [0.15, 0.2) is 40.9 Å². The van der Waals surface area contributed by atoms with Gasteiger partial charge in [-0.1, -0.05) is 71.0 Å². The van der Waals surface area contributed by atoms with Gasteiger partial charge in [-0.3, -0.25) is 0 Å². The summed E-state index contributed by atoms with van der Waals surface area (Å²) in [7, 11) is -0.872. The Morgan fingerprint density at radius 1 is 1.03 bits per heavy atom. The van der Waals surface area contributed by atoms with Crippen LogP contribution < -0.4 is 9.16 Å². The van der Waals surface area contributed by atoms with E-state index in [1.54, 1.807) is 26.2 Å². The normalized spacial score (nSPS) is 12.8. The number of hydrogen-bond acceptors (Lipinski definition) is 6. The number of halogens is 1. The summed E-state index contributed by atoms with van der Waals surface area (Å²) in [5.41, 5.74) is 2.82. The first-order valence-electron chi connectivity index (χ1n) is 12.4. The van der Waals surface area contributed by atoms with E-state index in [1.807, 2.05) is 24.3 Å². The summed E-state index contributed by atoms with van der Waals surface area (Å²) in [6.07, 6.45) is 0.340. The van der Waals surface area contributed by atoms with Crippen molar-refractivity contribution in [3.8, 4) is 29.0 Å². The lowest BCUT2D eigenvalue weighted by Crippen LogP contribution is -2.50. The summed E-state index contributed by atoms with van der Waals surface area (Å²) >= 11 is 0. The molecule has 3 aromatic rings. The first kappa shape index (κ1) is 27.4. The Kier molecular flexibility index (Phi) is 8.57. The number of nitriles is 1. The smallest absolute Gasteiger partial charge is 0.258 e. The molecule has 1 atom stereocenters. The first-order chi connectivity index (χ1) is 17.0. The van der Waals surface area contributed by atoms with Crippen LogP contribution in [0.2, 0.25) is 16.6 Å². The summed E-state index contributed by atoms with van der Waals surface area (Å²) in [4.78, 5) is 4.24. The van der Waals surface area contributed by atoms with E-state index >= 15 is 4.39 Å². The van der Waals surface area contributed by atoms with E-state index in [2.05, 4.69) is 57.8 Å². The van der Waals surface area contributed by atoms with Crippen molar-refractivity contribution in [2.75, 3.05) is 7.11 Å². The van der Waals surface area contributed by atoms with Crippen LogP contribution in [0, 0.1) is 24.1 Å². The highest BCUT2D eigenvalue weighted by Crippen LogP contribution is 2.45. The number of nitrogens with zero attached hydrogens (tertiary/aromatic N) is 3. The van der Waals surface area contributed by atoms with Crippen molar-refractivity contribution in [2.45, 2.75) is 77.4 Å². The Labute approximate surface area is 214 Å². The van der Waals surface area contributed by atoms with E-state index in [0.29, 0.717) is 23.9 Å². The fourth-order valence-corrected chi connectivity index (χ4v) is 10.5. The number of aromatic nitrogens is 2. The molecular formula is C28H36FN3O3Si. The van der Waals surface area contributed by atoms with Gasteiger partial charge in [-0.2, -0.15) is 10.2 Å². The molecule has 0 spiro atoms. The maximum absolute atomic E-state index is 16.0. The number of aryl methyl sites for hydroxylation is 1. The first-order valence-corrected chi connectivity index (χ1v) is 14.5. The van der Waals surface area contributed by atoms with Gasteiger partial charge in [-0.25, -0.2) is 4.39 Å². The molecule has 6 nitrogen and oxygen atoms in total. The van der Waals surface area contributed by atoms with Gasteiger partial charge in [0, 0.05) is 24.1 Å². The molecule has 192 valence electrons. The monoisotopic (exact) mass is 509 g/mol. The van der Waals surface area contributed by atoms with Gasteiger partial charge in [0.25, 0.3) is 8.32 Å². The Balaban J connectivity index is 1.97. The van der Waals surface area contributed by atoms with Gasteiger partial charge in [-0.05, 0) is 34.7 Å². The zero-order valence-electron chi connectivity index (χ0n) is 22.4. The summed E-state index contributed by atoms with van der Waals surface area (Å²) in [5.74, 6) is 0.446. The molecule has 0 saturated carbocycles. The molecule has 0 aliphatic carbocycles. The molecule has 0 bridgehead atoms. The zero-order valence-corrected chi connectivity index (χ0v) is 23.4. The SMILES string of the molecule is COc1cc(O[Si](C(C)C)(C(C)C)C(C)C)c(F)c(C(C#N)Cc2ccc(-c3noc(C)n3)cc2)c1. The number of methoxy groups -OCH3 is 1. The molecule has 0 saturated heterocycles. The topological polar surface area (TPSA) is 81.2 Å². The van der Waals surface area contributed by atoms with E-state index in [0.717, 1.165) is 11.1 Å². The van der Waals surface area contributed by atoms with Crippen LogP contribution in [0.1, 0.15) is 64.5 Å². The number of benzene rings is 2. The lowest BCUT2D eigenvalue weighted by atomic mass is 9.92. The molecule has 0 N–H and O–H groups in total. The van der Waals surface area contributed by atoms with Crippen molar-refractivity contribution < 1.29 is 18.1 Å². The number of rotatable bonds is 10. The van der Waals surface area contributed by atoms with Crippen LogP contribution in [-0.2, 0) is 6.42 Å². The summed E-state index contributed by atoms with van der Waals surface area (Å²) < 4.78 is 33.2. The third-order valence-corrected chi connectivity index (χ3v) is 13.0. The van der Waals surface area contributed by atoms with Crippen LogP contribution in [0.5, 0.6) is 11.5 Å². The fourth-order valence-electron chi connectivity index (χ4n) is 5.25. The van der Waals surface area contributed by atoms with E-state index in [4.69, 9.17) is 13.7 Å². The molecule has 0 fully saturated rings. The van der Waals surface area contributed by atoms with Crippen molar-refractivity contribution in [3.05, 3.63) is 59.2 Å². The van der Waals surface area contributed by atoms with Crippen LogP contribution >= 0.6 is 0 Å².